The number of rotatable bonds is 20. The fourth-order valence-electron chi connectivity index (χ4n) is 4.70. The van der Waals surface area contributed by atoms with Gasteiger partial charge in [0.2, 0.25) is 0 Å². The van der Waals surface area contributed by atoms with E-state index in [2.05, 4.69) is 19.1 Å². The Morgan fingerprint density at radius 1 is 0.765 bits per heavy atom. The van der Waals surface area contributed by atoms with Gasteiger partial charge in [-0.15, -0.1) is 0 Å². The molecular formula is C30H51NO3. The predicted molar refractivity (Wildman–Crippen MR) is 141 cm³/mol. The quantitative estimate of drug-likeness (QED) is 0.141. The summed E-state index contributed by atoms with van der Waals surface area (Å²) >= 11 is 0. The van der Waals surface area contributed by atoms with Gasteiger partial charge in [-0.25, -0.2) is 0 Å². The molecule has 1 saturated heterocycles. The van der Waals surface area contributed by atoms with E-state index in [0.717, 1.165) is 38.8 Å². The van der Waals surface area contributed by atoms with Gasteiger partial charge in [-0.3, -0.25) is 9.63 Å². The van der Waals surface area contributed by atoms with E-state index in [1.165, 1.54) is 89.0 Å². The minimum absolute atomic E-state index is 0.0154. The van der Waals surface area contributed by atoms with Gasteiger partial charge in [0.1, 0.15) is 6.10 Å². The molecule has 0 aliphatic carbocycles. The number of unbranched alkanes of at least 4 members (excludes halogenated alkanes) is 14. The normalized spacial score (nSPS) is 15.0. The third kappa shape index (κ3) is 14.8. The Kier molecular flexibility index (Phi) is 16.9. The number of hydrogen-bond donors (Lipinski definition) is 0. The van der Waals surface area contributed by atoms with Crippen molar-refractivity contribution in [1.82, 2.24) is 5.06 Å². The molecule has 0 atom stereocenters. The van der Waals surface area contributed by atoms with E-state index >= 15 is 0 Å². The van der Waals surface area contributed by atoms with Crippen molar-refractivity contribution in [3.8, 4) is 0 Å². The number of ether oxygens (including phenoxy) is 1. The molecular weight excluding hydrogens is 422 g/mol. The molecule has 0 spiro atoms. The van der Waals surface area contributed by atoms with Crippen LogP contribution in [0.3, 0.4) is 0 Å². The number of esters is 1. The van der Waals surface area contributed by atoms with Crippen LogP contribution in [-0.2, 0) is 21.0 Å². The molecule has 4 heteroatoms. The lowest BCUT2D eigenvalue weighted by molar-refractivity contribution is -0.194. The maximum Gasteiger partial charge on any atom is 0.306 e. The third-order valence-electron chi connectivity index (χ3n) is 6.94. The SMILES string of the molecule is CCCCCCCCCCCCCCCCCC(=O)OC1CCN(OCc2ccccc2)CC1. The first kappa shape index (κ1) is 28.8. The second kappa shape index (κ2) is 19.9. The molecule has 0 saturated carbocycles. The average Bonchev–Trinajstić information content (AvgIpc) is 2.86. The first-order valence-electron chi connectivity index (χ1n) is 14.4. The van der Waals surface area contributed by atoms with E-state index in [0.29, 0.717) is 13.0 Å². The molecule has 0 amide bonds. The summed E-state index contributed by atoms with van der Waals surface area (Å²) in [6.45, 7) is 4.53. The van der Waals surface area contributed by atoms with Gasteiger partial charge in [0.15, 0.2) is 0 Å². The van der Waals surface area contributed by atoms with Gasteiger partial charge in [0.05, 0.1) is 6.61 Å². The Bertz CT molecular complexity index is 598. The number of benzene rings is 1. The van der Waals surface area contributed by atoms with Crippen molar-refractivity contribution in [3.05, 3.63) is 35.9 Å². The lowest BCUT2D eigenvalue weighted by atomic mass is 10.0. The zero-order chi connectivity index (χ0) is 24.1. The van der Waals surface area contributed by atoms with Crippen LogP contribution >= 0.6 is 0 Å². The zero-order valence-electron chi connectivity index (χ0n) is 22.0. The summed E-state index contributed by atoms with van der Waals surface area (Å²) in [5.74, 6) is -0.0154. The highest BCUT2D eigenvalue weighted by Crippen LogP contribution is 2.17. The van der Waals surface area contributed by atoms with Crippen LogP contribution in [0.2, 0.25) is 0 Å². The molecule has 1 aliphatic heterocycles. The average molecular weight is 474 g/mol. The summed E-state index contributed by atoms with van der Waals surface area (Å²) in [7, 11) is 0. The summed E-state index contributed by atoms with van der Waals surface area (Å²) < 4.78 is 5.70. The zero-order valence-corrected chi connectivity index (χ0v) is 22.0. The lowest BCUT2D eigenvalue weighted by Gasteiger charge is -2.30. The Hall–Kier alpha value is -1.39. The first-order valence-corrected chi connectivity index (χ1v) is 14.4. The minimum atomic E-state index is -0.0154. The fraction of sp³-hybridized carbons (Fsp3) is 0.767. The van der Waals surface area contributed by atoms with Crippen LogP contribution in [0.1, 0.15) is 128 Å². The first-order chi connectivity index (χ1) is 16.8. The van der Waals surface area contributed by atoms with Crippen LogP contribution in [0.25, 0.3) is 0 Å². The molecule has 0 unspecified atom stereocenters. The van der Waals surface area contributed by atoms with Crippen molar-refractivity contribution in [3.63, 3.8) is 0 Å². The molecule has 0 N–H and O–H groups in total. The van der Waals surface area contributed by atoms with Crippen LogP contribution in [0.15, 0.2) is 30.3 Å². The number of carbonyl (C=O) groups is 1. The molecule has 1 aromatic carbocycles. The van der Waals surface area contributed by atoms with E-state index in [9.17, 15) is 4.79 Å². The predicted octanol–water partition coefficient (Wildman–Crippen LogP) is 8.39. The summed E-state index contributed by atoms with van der Waals surface area (Å²) in [5, 5.41) is 2.01. The van der Waals surface area contributed by atoms with Crippen LogP contribution < -0.4 is 0 Å². The lowest BCUT2D eigenvalue weighted by Crippen LogP contribution is -2.37. The van der Waals surface area contributed by atoms with E-state index in [1.54, 1.807) is 0 Å². The second-order valence-corrected chi connectivity index (χ2v) is 10.1. The molecule has 4 nitrogen and oxygen atoms in total. The van der Waals surface area contributed by atoms with Crippen molar-refractivity contribution < 1.29 is 14.4 Å². The highest BCUT2D eigenvalue weighted by Gasteiger charge is 2.22. The van der Waals surface area contributed by atoms with Gasteiger partial charge >= 0.3 is 5.97 Å². The molecule has 2 rings (SSSR count). The molecule has 194 valence electrons. The summed E-state index contributed by atoms with van der Waals surface area (Å²) in [4.78, 5) is 18.0. The monoisotopic (exact) mass is 473 g/mol. The van der Waals surface area contributed by atoms with Gasteiger partial charge < -0.3 is 4.74 Å². The molecule has 0 bridgehead atoms. The Morgan fingerprint density at radius 2 is 1.26 bits per heavy atom. The van der Waals surface area contributed by atoms with Crippen LogP contribution in [0.5, 0.6) is 0 Å². The topological polar surface area (TPSA) is 38.8 Å². The van der Waals surface area contributed by atoms with Crippen molar-refractivity contribution >= 4 is 5.97 Å². The Labute approximate surface area is 209 Å². The summed E-state index contributed by atoms with van der Waals surface area (Å²) in [6.07, 6.45) is 22.5. The van der Waals surface area contributed by atoms with Crippen LogP contribution in [0, 0.1) is 0 Å². The van der Waals surface area contributed by atoms with E-state index < -0.39 is 0 Å². The molecule has 0 radical (unpaired) electrons. The number of piperidine rings is 1. The Balaban J connectivity index is 1.33. The molecule has 1 heterocycles. The highest BCUT2D eigenvalue weighted by atomic mass is 16.7. The number of nitrogens with zero attached hydrogens (tertiary/aromatic N) is 1. The third-order valence-corrected chi connectivity index (χ3v) is 6.94. The molecule has 1 aromatic rings. The maximum absolute atomic E-state index is 12.2. The standard InChI is InChI=1S/C30H51NO3/c1-2-3-4-5-6-7-8-9-10-11-12-13-14-15-19-22-30(32)34-29-23-25-31(26-24-29)33-27-28-20-17-16-18-21-28/h16-18,20-21,29H,2-15,19,22-27H2,1H3. The minimum Gasteiger partial charge on any atom is -0.462 e. The maximum atomic E-state index is 12.2. The van der Waals surface area contributed by atoms with Crippen molar-refractivity contribution in [1.29, 1.82) is 0 Å². The van der Waals surface area contributed by atoms with Gasteiger partial charge in [-0.05, 0) is 24.8 Å². The largest absolute Gasteiger partial charge is 0.462 e. The van der Waals surface area contributed by atoms with Crippen molar-refractivity contribution in [2.75, 3.05) is 13.1 Å². The Morgan fingerprint density at radius 3 is 1.79 bits per heavy atom. The van der Waals surface area contributed by atoms with Crippen molar-refractivity contribution in [2.24, 2.45) is 0 Å². The van der Waals surface area contributed by atoms with E-state index in [-0.39, 0.29) is 12.1 Å². The molecule has 0 aromatic heterocycles. The van der Waals surface area contributed by atoms with E-state index in [4.69, 9.17) is 9.57 Å². The fourth-order valence-corrected chi connectivity index (χ4v) is 4.70. The summed E-state index contributed by atoms with van der Waals surface area (Å²) in [5.41, 5.74) is 1.18. The number of carbonyl (C=O) groups excluding carboxylic acids is 1. The van der Waals surface area contributed by atoms with Gasteiger partial charge in [0, 0.05) is 19.5 Å². The highest BCUT2D eigenvalue weighted by molar-refractivity contribution is 5.69. The van der Waals surface area contributed by atoms with Gasteiger partial charge in [0.25, 0.3) is 0 Å². The molecule has 1 aliphatic rings. The van der Waals surface area contributed by atoms with Crippen molar-refractivity contribution in [2.45, 2.75) is 135 Å². The van der Waals surface area contributed by atoms with Crippen LogP contribution in [-0.4, -0.2) is 30.2 Å². The molecule has 34 heavy (non-hydrogen) atoms. The van der Waals surface area contributed by atoms with E-state index in [1.807, 2.05) is 23.3 Å². The van der Waals surface area contributed by atoms with Gasteiger partial charge in [-0.1, -0.05) is 127 Å². The second-order valence-electron chi connectivity index (χ2n) is 10.1. The smallest absolute Gasteiger partial charge is 0.306 e. The number of hydroxylamine groups is 2. The number of hydrogen-bond acceptors (Lipinski definition) is 4. The van der Waals surface area contributed by atoms with Gasteiger partial charge in [-0.2, -0.15) is 5.06 Å². The molecule has 1 fully saturated rings. The van der Waals surface area contributed by atoms with Crippen LogP contribution in [0.4, 0.5) is 0 Å². The summed E-state index contributed by atoms with van der Waals surface area (Å²) in [6, 6.07) is 10.2.